The summed E-state index contributed by atoms with van der Waals surface area (Å²) >= 11 is 3.43. The van der Waals surface area contributed by atoms with Gasteiger partial charge in [0.2, 0.25) is 5.91 Å². The van der Waals surface area contributed by atoms with Gasteiger partial charge in [0.1, 0.15) is 6.04 Å². The quantitative estimate of drug-likeness (QED) is 0.887. The Morgan fingerprint density at radius 1 is 1.53 bits per heavy atom. The molecule has 0 radical (unpaired) electrons. The smallest absolute Gasteiger partial charge is 0.244 e. The van der Waals surface area contributed by atoms with Gasteiger partial charge in [-0.05, 0) is 35.0 Å². The van der Waals surface area contributed by atoms with Crippen LogP contribution in [0.2, 0.25) is 0 Å². The average Bonchev–Trinajstić information content (AvgIpc) is 2.86. The molecule has 6 heteroatoms. The molecule has 100 valence electrons. The normalized spacial score (nSPS) is 12.1. The number of halogens is 1. The fourth-order valence-corrected chi connectivity index (χ4v) is 2.15. The lowest BCUT2D eigenvalue weighted by Gasteiger charge is -2.16. The van der Waals surface area contributed by atoms with Crippen LogP contribution < -0.4 is 11.1 Å². The van der Waals surface area contributed by atoms with Crippen LogP contribution in [0.15, 0.2) is 41.1 Å². The standard InChI is InChI=1S/C13H15BrN4O/c1-2-18-8-9(7-16-18)12(13(15)19)17-11-6-4-3-5-10(11)14/h3-8,12,17H,2H2,1H3,(H2,15,19). The van der Waals surface area contributed by atoms with E-state index in [1.165, 1.54) is 0 Å². The van der Waals surface area contributed by atoms with E-state index in [1.54, 1.807) is 10.9 Å². The summed E-state index contributed by atoms with van der Waals surface area (Å²) in [6.07, 6.45) is 3.47. The van der Waals surface area contributed by atoms with Crippen molar-refractivity contribution in [2.75, 3.05) is 5.32 Å². The number of nitrogens with zero attached hydrogens (tertiary/aromatic N) is 2. The van der Waals surface area contributed by atoms with Gasteiger partial charge < -0.3 is 11.1 Å². The number of anilines is 1. The molecule has 1 amide bonds. The number of nitrogens with one attached hydrogen (secondary N) is 1. The van der Waals surface area contributed by atoms with Crippen molar-refractivity contribution in [2.45, 2.75) is 19.5 Å². The Labute approximate surface area is 119 Å². The average molecular weight is 323 g/mol. The molecule has 1 heterocycles. The Hall–Kier alpha value is -1.82. The molecule has 3 N–H and O–H groups in total. The topological polar surface area (TPSA) is 72.9 Å². The maximum absolute atomic E-state index is 11.6. The molecule has 0 aliphatic carbocycles. The number of para-hydroxylation sites is 1. The third kappa shape index (κ3) is 3.14. The summed E-state index contributed by atoms with van der Waals surface area (Å²) < 4.78 is 2.64. The highest BCUT2D eigenvalue weighted by atomic mass is 79.9. The molecule has 1 aromatic heterocycles. The van der Waals surface area contributed by atoms with E-state index in [1.807, 2.05) is 37.4 Å². The molecule has 19 heavy (non-hydrogen) atoms. The van der Waals surface area contributed by atoms with Crippen LogP contribution in [0.3, 0.4) is 0 Å². The minimum atomic E-state index is -0.598. The van der Waals surface area contributed by atoms with Crippen molar-refractivity contribution in [1.29, 1.82) is 0 Å². The van der Waals surface area contributed by atoms with Crippen LogP contribution in [0, 0.1) is 0 Å². The molecule has 1 atom stereocenters. The minimum absolute atomic E-state index is 0.439. The zero-order valence-corrected chi connectivity index (χ0v) is 12.1. The molecule has 1 aromatic carbocycles. The van der Waals surface area contributed by atoms with Crippen LogP contribution in [-0.4, -0.2) is 15.7 Å². The first-order valence-corrected chi connectivity index (χ1v) is 6.74. The van der Waals surface area contributed by atoms with Gasteiger partial charge in [-0.1, -0.05) is 12.1 Å². The van der Waals surface area contributed by atoms with Crippen LogP contribution in [-0.2, 0) is 11.3 Å². The summed E-state index contributed by atoms with van der Waals surface area (Å²) in [5.74, 6) is -0.439. The number of amides is 1. The molecular weight excluding hydrogens is 308 g/mol. The summed E-state index contributed by atoms with van der Waals surface area (Å²) in [4.78, 5) is 11.6. The predicted octanol–water partition coefficient (Wildman–Crippen LogP) is 2.30. The van der Waals surface area contributed by atoms with E-state index in [4.69, 9.17) is 5.73 Å². The molecule has 0 aliphatic heterocycles. The molecule has 0 saturated heterocycles. The number of carbonyl (C=O) groups excluding carboxylic acids is 1. The maximum atomic E-state index is 11.6. The van der Waals surface area contributed by atoms with Crippen LogP contribution in [0.5, 0.6) is 0 Å². The van der Waals surface area contributed by atoms with E-state index in [0.29, 0.717) is 0 Å². The first-order chi connectivity index (χ1) is 9.11. The Bertz CT molecular complexity index is 582. The molecule has 0 spiro atoms. The number of aryl methyl sites for hydroxylation is 1. The van der Waals surface area contributed by atoms with E-state index < -0.39 is 11.9 Å². The summed E-state index contributed by atoms with van der Waals surface area (Å²) in [6, 6.07) is 6.98. The third-order valence-corrected chi connectivity index (χ3v) is 3.46. The molecule has 0 aliphatic rings. The maximum Gasteiger partial charge on any atom is 0.244 e. The highest BCUT2D eigenvalue weighted by Crippen LogP contribution is 2.26. The first-order valence-electron chi connectivity index (χ1n) is 5.94. The van der Waals surface area contributed by atoms with Crippen molar-refractivity contribution in [1.82, 2.24) is 9.78 Å². The SMILES string of the molecule is CCn1cc(C(Nc2ccccc2Br)C(N)=O)cn1. The van der Waals surface area contributed by atoms with Crippen LogP contribution in [0.25, 0.3) is 0 Å². The van der Waals surface area contributed by atoms with E-state index in [0.717, 1.165) is 22.3 Å². The van der Waals surface area contributed by atoms with Crippen LogP contribution in [0.4, 0.5) is 5.69 Å². The lowest BCUT2D eigenvalue weighted by molar-refractivity contribution is -0.118. The number of hydrogen-bond donors (Lipinski definition) is 2. The number of benzene rings is 1. The molecule has 1 unspecified atom stereocenters. The fraction of sp³-hybridized carbons (Fsp3) is 0.231. The lowest BCUT2D eigenvalue weighted by atomic mass is 10.1. The number of primary amides is 1. The summed E-state index contributed by atoms with van der Waals surface area (Å²) in [6.45, 7) is 2.73. The van der Waals surface area contributed by atoms with E-state index >= 15 is 0 Å². The Morgan fingerprint density at radius 2 is 2.26 bits per heavy atom. The molecule has 2 aromatic rings. The molecule has 0 saturated carbocycles. The van der Waals surface area contributed by atoms with E-state index in [-0.39, 0.29) is 0 Å². The Balaban J connectivity index is 2.26. The van der Waals surface area contributed by atoms with Gasteiger partial charge in [-0.15, -0.1) is 0 Å². The van der Waals surface area contributed by atoms with Gasteiger partial charge in [0.05, 0.1) is 6.20 Å². The van der Waals surface area contributed by atoms with Gasteiger partial charge in [-0.25, -0.2) is 0 Å². The number of nitrogens with two attached hydrogens (primary N) is 1. The monoisotopic (exact) mass is 322 g/mol. The number of rotatable bonds is 5. The van der Waals surface area contributed by atoms with Crippen molar-refractivity contribution in [3.63, 3.8) is 0 Å². The Morgan fingerprint density at radius 3 is 2.84 bits per heavy atom. The van der Waals surface area contributed by atoms with Gasteiger partial charge in [0.15, 0.2) is 0 Å². The summed E-state index contributed by atoms with van der Waals surface area (Å²) in [5, 5.41) is 7.28. The second-order valence-corrected chi connectivity index (χ2v) is 4.94. The number of carbonyl (C=O) groups is 1. The van der Waals surface area contributed by atoms with Crippen molar-refractivity contribution < 1.29 is 4.79 Å². The zero-order valence-electron chi connectivity index (χ0n) is 10.5. The highest BCUT2D eigenvalue weighted by molar-refractivity contribution is 9.10. The van der Waals surface area contributed by atoms with Gasteiger partial charge in [-0.3, -0.25) is 9.48 Å². The number of hydrogen-bond acceptors (Lipinski definition) is 3. The largest absolute Gasteiger partial charge is 0.369 e. The lowest BCUT2D eigenvalue weighted by Crippen LogP contribution is -2.27. The molecule has 2 rings (SSSR count). The summed E-state index contributed by atoms with van der Waals surface area (Å²) in [7, 11) is 0. The van der Waals surface area contributed by atoms with Gasteiger partial charge in [0.25, 0.3) is 0 Å². The van der Waals surface area contributed by atoms with Crippen molar-refractivity contribution >= 4 is 27.5 Å². The van der Waals surface area contributed by atoms with Gasteiger partial charge in [-0.2, -0.15) is 5.10 Å². The van der Waals surface area contributed by atoms with Gasteiger partial charge in [0, 0.05) is 28.5 Å². The van der Waals surface area contributed by atoms with Crippen molar-refractivity contribution in [3.05, 3.63) is 46.7 Å². The van der Waals surface area contributed by atoms with E-state index in [2.05, 4.69) is 26.3 Å². The third-order valence-electron chi connectivity index (χ3n) is 2.77. The highest BCUT2D eigenvalue weighted by Gasteiger charge is 2.20. The van der Waals surface area contributed by atoms with Gasteiger partial charge >= 0.3 is 0 Å². The molecular formula is C13H15BrN4O. The zero-order chi connectivity index (χ0) is 13.8. The van der Waals surface area contributed by atoms with Crippen molar-refractivity contribution in [2.24, 2.45) is 5.73 Å². The number of aromatic nitrogens is 2. The Kier molecular flexibility index (Phi) is 4.21. The predicted molar refractivity (Wildman–Crippen MR) is 77.6 cm³/mol. The fourth-order valence-electron chi connectivity index (χ4n) is 1.75. The van der Waals surface area contributed by atoms with E-state index in [9.17, 15) is 4.79 Å². The molecule has 0 fully saturated rings. The molecule has 0 bridgehead atoms. The first kappa shape index (κ1) is 13.6. The van der Waals surface area contributed by atoms with Crippen LogP contribution in [0.1, 0.15) is 18.5 Å². The molecule has 5 nitrogen and oxygen atoms in total. The van der Waals surface area contributed by atoms with Crippen LogP contribution >= 0.6 is 15.9 Å². The van der Waals surface area contributed by atoms with Crippen molar-refractivity contribution in [3.8, 4) is 0 Å². The second kappa shape index (κ2) is 5.88. The minimum Gasteiger partial charge on any atom is -0.369 e. The summed E-state index contributed by atoms with van der Waals surface area (Å²) in [5.41, 5.74) is 7.03. The second-order valence-electron chi connectivity index (χ2n) is 4.09.